The van der Waals surface area contributed by atoms with Crippen LogP contribution in [0.5, 0.6) is 0 Å². The van der Waals surface area contributed by atoms with Crippen LogP contribution in [0.25, 0.3) is 0 Å². The number of nitrogens with zero attached hydrogens (tertiary/aromatic N) is 1. The normalized spacial score (nSPS) is 19.1. The molecule has 0 aromatic heterocycles. The number of carbonyl (C=O) groups excluding carboxylic acids is 1. The third kappa shape index (κ3) is 1.25. The van der Waals surface area contributed by atoms with Crippen LogP contribution in [-0.4, -0.2) is 11.6 Å². The molecule has 1 aliphatic heterocycles. The molecule has 0 atom stereocenters. The second kappa shape index (κ2) is 2.13. The van der Waals surface area contributed by atoms with Gasteiger partial charge in [0, 0.05) is 12.1 Å². The standard InChI is InChI=1S/C7H9NO/c1-5-3-4-7(9)8-6(5)2/h3H,4H2,1-2H3. The van der Waals surface area contributed by atoms with Crippen LogP contribution in [-0.2, 0) is 4.79 Å². The lowest BCUT2D eigenvalue weighted by molar-refractivity contribution is -0.117. The Balaban J connectivity index is 2.87. The van der Waals surface area contributed by atoms with E-state index in [1.165, 1.54) is 0 Å². The van der Waals surface area contributed by atoms with E-state index in [-0.39, 0.29) is 5.91 Å². The van der Waals surface area contributed by atoms with E-state index in [4.69, 9.17) is 0 Å². The highest BCUT2D eigenvalue weighted by Crippen LogP contribution is 2.06. The Morgan fingerprint density at radius 1 is 1.56 bits per heavy atom. The Kier molecular flexibility index (Phi) is 1.47. The molecule has 48 valence electrons. The third-order valence-corrected chi connectivity index (χ3v) is 1.45. The Morgan fingerprint density at radius 3 is 2.67 bits per heavy atom. The summed E-state index contributed by atoms with van der Waals surface area (Å²) in [5, 5.41) is 0. The minimum atomic E-state index is -0.0295. The molecule has 0 aromatic rings. The van der Waals surface area contributed by atoms with Gasteiger partial charge in [-0.25, -0.2) is 4.99 Å². The highest BCUT2D eigenvalue weighted by molar-refractivity contribution is 6.07. The quantitative estimate of drug-likeness (QED) is 0.477. The lowest BCUT2D eigenvalue weighted by Crippen LogP contribution is -2.05. The van der Waals surface area contributed by atoms with Gasteiger partial charge in [-0.15, -0.1) is 0 Å². The third-order valence-electron chi connectivity index (χ3n) is 1.45. The van der Waals surface area contributed by atoms with Crippen LogP contribution in [0.3, 0.4) is 0 Å². The topological polar surface area (TPSA) is 29.4 Å². The Hall–Kier alpha value is -0.920. The number of amides is 1. The molecule has 0 spiro atoms. The minimum absolute atomic E-state index is 0.0295. The van der Waals surface area contributed by atoms with Gasteiger partial charge in [-0.1, -0.05) is 6.08 Å². The second-order valence-electron chi connectivity index (χ2n) is 2.18. The van der Waals surface area contributed by atoms with Crippen molar-refractivity contribution in [1.82, 2.24) is 0 Å². The molecule has 1 rings (SSSR count). The van der Waals surface area contributed by atoms with E-state index in [0.717, 1.165) is 11.3 Å². The lowest BCUT2D eigenvalue weighted by Gasteiger charge is -2.03. The molecule has 1 amide bonds. The average molecular weight is 123 g/mol. The first kappa shape index (κ1) is 6.20. The summed E-state index contributed by atoms with van der Waals surface area (Å²) >= 11 is 0. The van der Waals surface area contributed by atoms with E-state index in [1.807, 2.05) is 19.9 Å². The van der Waals surface area contributed by atoms with Crippen LogP contribution in [0.2, 0.25) is 0 Å². The fraction of sp³-hybridized carbons (Fsp3) is 0.429. The maximum absolute atomic E-state index is 10.6. The minimum Gasteiger partial charge on any atom is -0.272 e. The van der Waals surface area contributed by atoms with Crippen molar-refractivity contribution in [3.8, 4) is 0 Å². The smallest absolute Gasteiger partial charge is 0.249 e. The van der Waals surface area contributed by atoms with Gasteiger partial charge < -0.3 is 0 Å². The van der Waals surface area contributed by atoms with Crippen molar-refractivity contribution in [2.45, 2.75) is 20.3 Å². The number of carbonyl (C=O) groups is 1. The molecule has 0 N–H and O–H groups in total. The number of hydrogen-bond acceptors (Lipinski definition) is 1. The first-order valence-corrected chi connectivity index (χ1v) is 2.95. The fourth-order valence-corrected chi connectivity index (χ4v) is 0.709. The van der Waals surface area contributed by atoms with Gasteiger partial charge in [-0.2, -0.15) is 0 Å². The van der Waals surface area contributed by atoms with E-state index in [0.29, 0.717) is 6.42 Å². The number of aliphatic imine (C=N–C) groups is 1. The van der Waals surface area contributed by atoms with Crippen molar-refractivity contribution in [2.75, 3.05) is 0 Å². The number of dihydropyridines is 1. The lowest BCUT2D eigenvalue weighted by atomic mass is 10.1. The molecule has 0 aromatic carbocycles. The summed E-state index contributed by atoms with van der Waals surface area (Å²) < 4.78 is 0. The van der Waals surface area contributed by atoms with Gasteiger partial charge in [0.25, 0.3) is 0 Å². The average Bonchev–Trinajstić information content (AvgIpc) is 1.80. The Labute approximate surface area is 54.3 Å². The maximum Gasteiger partial charge on any atom is 0.249 e. The van der Waals surface area contributed by atoms with E-state index in [2.05, 4.69) is 4.99 Å². The summed E-state index contributed by atoms with van der Waals surface area (Å²) in [6, 6.07) is 0. The highest BCUT2D eigenvalue weighted by Gasteiger charge is 2.05. The largest absolute Gasteiger partial charge is 0.272 e. The summed E-state index contributed by atoms with van der Waals surface area (Å²) in [4.78, 5) is 14.4. The number of hydrogen-bond donors (Lipinski definition) is 0. The first-order chi connectivity index (χ1) is 4.20. The van der Waals surface area contributed by atoms with Gasteiger partial charge >= 0.3 is 0 Å². The molecular weight excluding hydrogens is 114 g/mol. The van der Waals surface area contributed by atoms with Crippen molar-refractivity contribution >= 4 is 11.6 Å². The summed E-state index contributed by atoms with van der Waals surface area (Å²) in [6.07, 6.45) is 2.38. The summed E-state index contributed by atoms with van der Waals surface area (Å²) in [5.41, 5.74) is 1.97. The molecule has 1 aliphatic rings. The van der Waals surface area contributed by atoms with E-state index >= 15 is 0 Å². The molecule has 0 unspecified atom stereocenters. The molecule has 0 radical (unpaired) electrons. The van der Waals surface area contributed by atoms with E-state index in [1.54, 1.807) is 0 Å². The first-order valence-electron chi connectivity index (χ1n) is 2.95. The van der Waals surface area contributed by atoms with Gasteiger partial charge in [0.1, 0.15) is 0 Å². The second-order valence-corrected chi connectivity index (χ2v) is 2.18. The molecule has 0 saturated heterocycles. The predicted octanol–water partition coefficient (Wildman–Crippen LogP) is 1.32. The molecule has 2 nitrogen and oxygen atoms in total. The van der Waals surface area contributed by atoms with Crippen molar-refractivity contribution < 1.29 is 4.79 Å². The zero-order valence-corrected chi connectivity index (χ0v) is 5.64. The molecule has 0 fully saturated rings. The fourth-order valence-electron chi connectivity index (χ4n) is 0.709. The van der Waals surface area contributed by atoms with E-state index < -0.39 is 0 Å². The molecule has 0 aliphatic carbocycles. The molecule has 1 heterocycles. The summed E-state index contributed by atoms with van der Waals surface area (Å²) in [5.74, 6) is -0.0295. The summed E-state index contributed by atoms with van der Waals surface area (Å²) in [6.45, 7) is 3.81. The van der Waals surface area contributed by atoms with Crippen molar-refractivity contribution in [3.63, 3.8) is 0 Å². The van der Waals surface area contributed by atoms with Crippen LogP contribution in [0.1, 0.15) is 20.3 Å². The number of allylic oxidation sites excluding steroid dienone is 1. The van der Waals surface area contributed by atoms with Crippen LogP contribution < -0.4 is 0 Å². The number of rotatable bonds is 0. The molecular formula is C7H9NO. The highest BCUT2D eigenvalue weighted by atomic mass is 16.1. The van der Waals surface area contributed by atoms with Crippen LogP contribution in [0, 0.1) is 0 Å². The Bertz CT molecular complexity index is 201. The van der Waals surface area contributed by atoms with Gasteiger partial charge in [0.2, 0.25) is 5.91 Å². The van der Waals surface area contributed by atoms with E-state index in [9.17, 15) is 4.79 Å². The van der Waals surface area contributed by atoms with Gasteiger partial charge in [-0.3, -0.25) is 4.79 Å². The van der Waals surface area contributed by atoms with Gasteiger partial charge in [0.05, 0.1) is 0 Å². The molecule has 0 saturated carbocycles. The molecule has 2 heteroatoms. The molecule has 9 heavy (non-hydrogen) atoms. The summed E-state index contributed by atoms with van der Waals surface area (Å²) in [7, 11) is 0. The van der Waals surface area contributed by atoms with Crippen molar-refractivity contribution in [3.05, 3.63) is 11.6 Å². The molecule has 0 bridgehead atoms. The Morgan fingerprint density at radius 2 is 2.22 bits per heavy atom. The monoisotopic (exact) mass is 123 g/mol. The van der Waals surface area contributed by atoms with Crippen LogP contribution in [0.4, 0.5) is 0 Å². The zero-order valence-electron chi connectivity index (χ0n) is 5.64. The van der Waals surface area contributed by atoms with Gasteiger partial charge in [-0.05, 0) is 19.4 Å². The SMILES string of the molecule is CC1=CCC(=O)N=C1C. The maximum atomic E-state index is 10.6. The zero-order chi connectivity index (χ0) is 6.85. The van der Waals surface area contributed by atoms with Crippen LogP contribution in [0.15, 0.2) is 16.6 Å². The van der Waals surface area contributed by atoms with Crippen molar-refractivity contribution in [1.29, 1.82) is 0 Å². The predicted molar refractivity (Wildman–Crippen MR) is 36.5 cm³/mol. The van der Waals surface area contributed by atoms with Crippen LogP contribution >= 0.6 is 0 Å². The van der Waals surface area contributed by atoms with Gasteiger partial charge in [0.15, 0.2) is 0 Å². The van der Waals surface area contributed by atoms with Crippen molar-refractivity contribution in [2.24, 2.45) is 4.99 Å².